The molecule has 0 amide bonds. The van der Waals surface area contributed by atoms with E-state index >= 15 is 0 Å². The summed E-state index contributed by atoms with van der Waals surface area (Å²) >= 11 is 0. The number of anilines is 2. The molecule has 0 saturated carbocycles. The van der Waals surface area contributed by atoms with E-state index in [0.29, 0.717) is 29.1 Å². The molecule has 3 aromatic carbocycles. The van der Waals surface area contributed by atoms with E-state index in [9.17, 15) is 27.6 Å². The number of alkyl halides is 3. The Hall–Kier alpha value is -5.00. The molecule has 3 aromatic rings. The molecule has 0 aliphatic carbocycles. The molecule has 0 bridgehead atoms. The summed E-state index contributed by atoms with van der Waals surface area (Å²) in [4.78, 5) is 36.4. The maximum atomic E-state index is 12.4. The molecule has 228 valence electrons. The van der Waals surface area contributed by atoms with Crippen LogP contribution in [-0.4, -0.2) is 43.9 Å². The number of rotatable bonds is 14. The minimum atomic E-state index is -4.17. The molecule has 0 aromatic heterocycles. The van der Waals surface area contributed by atoms with Crippen LogP contribution in [-0.2, 0) is 14.3 Å². The van der Waals surface area contributed by atoms with Gasteiger partial charge in [0, 0.05) is 30.3 Å². The number of nitrogens with two attached hydrogens (primary N) is 2. The number of hydrogen-bond donors (Lipinski definition) is 2. The van der Waals surface area contributed by atoms with Gasteiger partial charge in [-0.15, -0.1) is 0 Å². The van der Waals surface area contributed by atoms with Crippen LogP contribution in [0.2, 0.25) is 0 Å². The fourth-order valence-electron chi connectivity index (χ4n) is 3.60. The van der Waals surface area contributed by atoms with Crippen molar-refractivity contribution in [1.29, 1.82) is 0 Å². The summed E-state index contributed by atoms with van der Waals surface area (Å²) in [6, 6.07) is 16.9. The van der Waals surface area contributed by atoms with E-state index in [-0.39, 0.29) is 49.5 Å². The van der Waals surface area contributed by atoms with E-state index in [4.69, 9.17) is 30.4 Å². The Morgan fingerprint density at radius 3 is 1.98 bits per heavy atom. The first kappa shape index (κ1) is 32.5. The highest BCUT2D eigenvalue weighted by Gasteiger charge is 2.25. The van der Waals surface area contributed by atoms with Gasteiger partial charge in [-0.05, 0) is 79.1 Å². The van der Waals surface area contributed by atoms with Crippen molar-refractivity contribution in [1.82, 2.24) is 0 Å². The van der Waals surface area contributed by atoms with Gasteiger partial charge in [-0.3, -0.25) is 0 Å². The molecule has 3 rings (SSSR count). The number of nitrogen functional groups attached to an aromatic ring is 2. The first-order valence-corrected chi connectivity index (χ1v) is 13.3. The highest BCUT2D eigenvalue weighted by atomic mass is 19.4. The molecule has 0 unspecified atom stereocenters. The van der Waals surface area contributed by atoms with E-state index in [0.717, 1.165) is 0 Å². The molecule has 0 radical (unpaired) electrons. The molecule has 0 aliphatic heterocycles. The van der Waals surface area contributed by atoms with Gasteiger partial charge in [0.1, 0.15) is 11.5 Å². The second kappa shape index (κ2) is 15.9. The smallest absolute Gasteiger partial charge is 0.389 e. The van der Waals surface area contributed by atoms with Gasteiger partial charge >= 0.3 is 24.1 Å². The molecule has 4 N–H and O–H groups in total. The molecule has 12 heteroatoms. The highest BCUT2D eigenvalue weighted by Crippen LogP contribution is 2.23. The van der Waals surface area contributed by atoms with Crippen LogP contribution >= 0.6 is 0 Å². The minimum absolute atomic E-state index is 0.0174. The van der Waals surface area contributed by atoms with Crippen molar-refractivity contribution >= 4 is 35.4 Å². The van der Waals surface area contributed by atoms with Crippen LogP contribution in [0.25, 0.3) is 6.08 Å². The number of carbonyl (C=O) groups is 3. The van der Waals surface area contributed by atoms with Crippen molar-refractivity contribution in [2.45, 2.75) is 31.9 Å². The largest absolute Gasteiger partial charge is 0.494 e. The van der Waals surface area contributed by atoms with Gasteiger partial charge in [0.15, 0.2) is 0 Å². The van der Waals surface area contributed by atoms with Crippen molar-refractivity contribution in [2.75, 3.05) is 31.3 Å². The summed E-state index contributed by atoms with van der Waals surface area (Å²) in [7, 11) is 0. The van der Waals surface area contributed by atoms with E-state index < -0.39 is 30.5 Å². The first-order valence-electron chi connectivity index (χ1n) is 13.3. The highest BCUT2D eigenvalue weighted by molar-refractivity contribution is 5.92. The lowest BCUT2D eigenvalue weighted by Gasteiger charge is -2.09. The van der Waals surface area contributed by atoms with Gasteiger partial charge in [-0.25, -0.2) is 14.4 Å². The second-order valence-corrected chi connectivity index (χ2v) is 9.28. The Labute approximate surface area is 246 Å². The number of hydrogen-bond acceptors (Lipinski definition) is 9. The lowest BCUT2D eigenvalue weighted by molar-refractivity contribution is -0.138. The first-order chi connectivity index (χ1) is 20.5. The summed E-state index contributed by atoms with van der Waals surface area (Å²) in [5.74, 6) is -1.06. The third kappa shape index (κ3) is 12.2. The zero-order valence-electron chi connectivity index (χ0n) is 23.1. The van der Waals surface area contributed by atoms with Crippen LogP contribution in [0.15, 0.2) is 72.8 Å². The van der Waals surface area contributed by atoms with Crippen LogP contribution in [0, 0.1) is 0 Å². The van der Waals surface area contributed by atoms with Crippen LogP contribution in [0.5, 0.6) is 11.5 Å². The van der Waals surface area contributed by atoms with Crippen molar-refractivity contribution in [3.8, 4) is 11.5 Å². The fourth-order valence-corrected chi connectivity index (χ4v) is 3.60. The molecule has 0 saturated heterocycles. The van der Waals surface area contributed by atoms with E-state index in [1.165, 1.54) is 54.6 Å². The van der Waals surface area contributed by atoms with Crippen LogP contribution < -0.4 is 20.9 Å². The van der Waals surface area contributed by atoms with Crippen LogP contribution in [0.4, 0.5) is 24.5 Å². The summed E-state index contributed by atoms with van der Waals surface area (Å²) in [5, 5.41) is 0. The molecule has 0 heterocycles. The Kier molecular flexibility index (Phi) is 12.0. The number of halogens is 3. The van der Waals surface area contributed by atoms with E-state index in [2.05, 4.69) is 0 Å². The standard InChI is InChI=1S/C31H31F3N2O7/c32-31(33,34)14-1-2-15-40-26-11-7-22(8-12-26)30(39)43-27-9-4-21(5-10-27)6-13-28(37)41-16-3-17-42-29(38)23-18-24(35)20-25(36)19-23/h4-13,18-20H,1-3,14-17,35-36H2. The van der Waals surface area contributed by atoms with Gasteiger partial charge in [0.25, 0.3) is 0 Å². The number of benzene rings is 3. The molecule has 0 atom stereocenters. The quantitative estimate of drug-likeness (QED) is 0.0751. The summed E-state index contributed by atoms with van der Waals surface area (Å²) in [6.07, 6.45) is -1.72. The van der Waals surface area contributed by atoms with Gasteiger partial charge in [0.2, 0.25) is 0 Å². The minimum Gasteiger partial charge on any atom is -0.494 e. The predicted molar refractivity (Wildman–Crippen MR) is 153 cm³/mol. The molecule has 43 heavy (non-hydrogen) atoms. The maximum Gasteiger partial charge on any atom is 0.389 e. The monoisotopic (exact) mass is 600 g/mol. The Bertz CT molecular complexity index is 1390. The zero-order chi connectivity index (χ0) is 31.2. The summed E-state index contributed by atoms with van der Waals surface area (Å²) in [6.45, 7) is 0.217. The second-order valence-electron chi connectivity index (χ2n) is 9.28. The van der Waals surface area contributed by atoms with E-state index in [1.807, 2.05) is 0 Å². The number of esters is 3. The summed E-state index contributed by atoms with van der Waals surface area (Å²) in [5.41, 5.74) is 13.2. The number of ether oxygens (including phenoxy) is 4. The van der Waals surface area contributed by atoms with Gasteiger partial charge in [0.05, 0.1) is 30.9 Å². The van der Waals surface area contributed by atoms with Gasteiger partial charge in [-0.1, -0.05) is 12.1 Å². The zero-order valence-corrected chi connectivity index (χ0v) is 23.1. The van der Waals surface area contributed by atoms with Gasteiger partial charge in [-0.2, -0.15) is 13.2 Å². The predicted octanol–water partition coefficient (Wildman–Crippen LogP) is 5.99. The maximum absolute atomic E-state index is 12.4. The Morgan fingerprint density at radius 1 is 0.698 bits per heavy atom. The number of unbranched alkanes of at least 4 members (excludes halogenated alkanes) is 1. The molecular formula is C31H31F3N2O7. The normalized spacial score (nSPS) is 11.2. The van der Waals surface area contributed by atoms with Crippen molar-refractivity contribution in [3.05, 3.63) is 89.5 Å². The van der Waals surface area contributed by atoms with E-state index in [1.54, 1.807) is 24.3 Å². The molecule has 0 spiro atoms. The SMILES string of the molecule is Nc1cc(N)cc(C(=O)OCCCOC(=O)C=Cc2ccc(OC(=O)c3ccc(OCCCCC(F)(F)F)cc3)cc2)c1. The third-order valence-corrected chi connectivity index (χ3v) is 5.70. The Balaban J connectivity index is 1.34. The fraction of sp³-hybridized carbons (Fsp3) is 0.258. The lowest BCUT2D eigenvalue weighted by Crippen LogP contribution is -2.10. The summed E-state index contributed by atoms with van der Waals surface area (Å²) < 4.78 is 57.5. The molecule has 0 aliphatic rings. The van der Waals surface area contributed by atoms with Crippen LogP contribution in [0.1, 0.15) is 52.0 Å². The third-order valence-electron chi connectivity index (χ3n) is 5.70. The molecular weight excluding hydrogens is 569 g/mol. The van der Waals surface area contributed by atoms with Crippen molar-refractivity contribution in [3.63, 3.8) is 0 Å². The van der Waals surface area contributed by atoms with Crippen molar-refractivity contribution < 1.29 is 46.5 Å². The molecule has 9 nitrogen and oxygen atoms in total. The average Bonchev–Trinajstić information content (AvgIpc) is 2.95. The average molecular weight is 601 g/mol. The lowest BCUT2D eigenvalue weighted by atomic mass is 10.2. The Morgan fingerprint density at radius 2 is 1.33 bits per heavy atom. The van der Waals surface area contributed by atoms with Crippen LogP contribution in [0.3, 0.4) is 0 Å². The number of carbonyl (C=O) groups excluding carboxylic acids is 3. The van der Waals surface area contributed by atoms with Gasteiger partial charge < -0.3 is 30.4 Å². The van der Waals surface area contributed by atoms with Crippen molar-refractivity contribution in [2.24, 2.45) is 0 Å². The molecule has 0 fully saturated rings. The topological polar surface area (TPSA) is 140 Å².